The third-order valence-corrected chi connectivity index (χ3v) is 1.98. The second-order valence-corrected chi connectivity index (χ2v) is 2.94. The highest BCUT2D eigenvalue weighted by molar-refractivity contribution is 5.88. The number of pyridine rings is 1. The van der Waals surface area contributed by atoms with Crippen molar-refractivity contribution in [3.8, 4) is 5.75 Å². The van der Waals surface area contributed by atoms with E-state index < -0.39 is 0 Å². The number of hydrogen-bond acceptors (Lipinski definition) is 3. The van der Waals surface area contributed by atoms with E-state index in [4.69, 9.17) is 4.79 Å². The molecule has 0 spiro atoms. The fourth-order valence-electron chi connectivity index (χ4n) is 1.34. The molecule has 1 amide bonds. The number of phenolic OH excluding ortho intramolecular Hbond substituents is 1. The molecule has 3 N–H and O–H groups in total. The minimum absolute atomic E-state index is 0.237. The Balaban J connectivity index is 0.000000386. The Kier molecular flexibility index (Phi) is 4.03. The molecule has 16 heavy (non-hydrogen) atoms. The van der Waals surface area contributed by atoms with Gasteiger partial charge in [-0.15, -0.1) is 0 Å². The van der Waals surface area contributed by atoms with Crippen LogP contribution in [0.2, 0.25) is 0 Å². The Morgan fingerprint density at radius 3 is 2.69 bits per heavy atom. The van der Waals surface area contributed by atoms with Crippen LogP contribution < -0.4 is 5.73 Å². The Bertz CT molecular complexity index is 509. The van der Waals surface area contributed by atoms with Crippen LogP contribution in [0.25, 0.3) is 17.0 Å². The molecular weight excluding hydrogens is 204 g/mol. The first-order chi connectivity index (χ1) is 7.72. The Hall–Kier alpha value is -2.36. The molecular formula is C12H12N2O2. The fourth-order valence-corrected chi connectivity index (χ4v) is 1.34. The molecule has 0 bridgehead atoms. The molecule has 82 valence electrons. The molecule has 4 nitrogen and oxygen atoms in total. The molecule has 0 aliphatic rings. The van der Waals surface area contributed by atoms with Gasteiger partial charge in [-0.05, 0) is 23.8 Å². The predicted molar refractivity (Wildman–Crippen MR) is 63.8 cm³/mol. The van der Waals surface area contributed by atoms with Gasteiger partial charge in [0.25, 0.3) is 0 Å². The minimum atomic E-state index is 0.237. The Morgan fingerprint density at radius 1 is 1.38 bits per heavy atom. The van der Waals surface area contributed by atoms with E-state index in [-0.39, 0.29) is 12.2 Å². The maximum absolute atomic E-state index is 9.23. The molecule has 2 rings (SSSR count). The van der Waals surface area contributed by atoms with Gasteiger partial charge in [0.05, 0.1) is 5.52 Å². The van der Waals surface area contributed by atoms with Gasteiger partial charge < -0.3 is 10.8 Å². The molecule has 1 heterocycles. The van der Waals surface area contributed by atoms with Gasteiger partial charge in [-0.2, -0.15) is 0 Å². The highest BCUT2D eigenvalue weighted by Gasteiger charge is 1.98. The van der Waals surface area contributed by atoms with Crippen LogP contribution in [0.1, 0.15) is 5.56 Å². The normalized spacial score (nSPS) is 9.00. The number of carbonyl (C=O) groups is 1. The average Bonchev–Trinajstić information content (AvgIpc) is 2.28. The largest absolute Gasteiger partial charge is 0.508 e. The van der Waals surface area contributed by atoms with Crippen molar-refractivity contribution < 1.29 is 9.90 Å². The quantitative estimate of drug-likeness (QED) is 0.712. The van der Waals surface area contributed by atoms with Crippen molar-refractivity contribution in [3.05, 3.63) is 42.6 Å². The topological polar surface area (TPSA) is 76.2 Å². The number of nitrogens with two attached hydrogens (primary N) is 1. The van der Waals surface area contributed by atoms with Gasteiger partial charge >= 0.3 is 0 Å². The van der Waals surface area contributed by atoms with E-state index in [1.165, 1.54) is 0 Å². The van der Waals surface area contributed by atoms with Crippen molar-refractivity contribution in [1.82, 2.24) is 4.98 Å². The number of rotatable bonds is 1. The second-order valence-electron chi connectivity index (χ2n) is 2.94. The fraction of sp³-hybridized carbons (Fsp3) is 0. The van der Waals surface area contributed by atoms with Crippen LogP contribution in [0.4, 0.5) is 0 Å². The van der Waals surface area contributed by atoms with E-state index in [2.05, 4.69) is 17.3 Å². The number of fused-ring (bicyclic) bond motifs is 1. The molecule has 0 aliphatic heterocycles. The van der Waals surface area contributed by atoms with Crippen LogP contribution in [-0.4, -0.2) is 16.5 Å². The van der Waals surface area contributed by atoms with Crippen LogP contribution in [0.5, 0.6) is 5.75 Å². The third-order valence-electron chi connectivity index (χ3n) is 1.98. The molecule has 2 aromatic rings. The summed E-state index contributed by atoms with van der Waals surface area (Å²) in [7, 11) is 0. The minimum Gasteiger partial charge on any atom is -0.508 e. The zero-order valence-electron chi connectivity index (χ0n) is 8.63. The molecule has 0 saturated heterocycles. The molecule has 1 aromatic heterocycles. The summed E-state index contributed by atoms with van der Waals surface area (Å²) in [6, 6.07) is 7.03. The number of aromatic hydroxyl groups is 1. The monoisotopic (exact) mass is 216 g/mol. The summed E-state index contributed by atoms with van der Waals surface area (Å²) < 4.78 is 0. The summed E-state index contributed by atoms with van der Waals surface area (Å²) in [5, 5.41) is 10.2. The summed E-state index contributed by atoms with van der Waals surface area (Å²) in [5.41, 5.74) is 5.99. The highest BCUT2D eigenvalue weighted by Crippen LogP contribution is 2.21. The van der Waals surface area contributed by atoms with Gasteiger partial charge in [0.15, 0.2) is 0 Å². The lowest BCUT2D eigenvalue weighted by Gasteiger charge is -2.00. The van der Waals surface area contributed by atoms with Gasteiger partial charge in [0, 0.05) is 17.6 Å². The van der Waals surface area contributed by atoms with Crippen LogP contribution >= 0.6 is 0 Å². The van der Waals surface area contributed by atoms with Gasteiger partial charge in [-0.25, -0.2) is 0 Å². The average molecular weight is 216 g/mol. The first-order valence-electron chi connectivity index (χ1n) is 4.58. The summed E-state index contributed by atoms with van der Waals surface area (Å²) >= 11 is 0. The Morgan fingerprint density at radius 2 is 2.06 bits per heavy atom. The second kappa shape index (κ2) is 5.50. The van der Waals surface area contributed by atoms with E-state index in [1.54, 1.807) is 24.4 Å². The van der Waals surface area contributed by atoms with Gasteiger partial charge in [-0.1, -0.05) is 12.7 Å². The van der Waals surface area contributed by atoms with Crippen LogP contribution in [-0.2, 0) is 4.79 Å². The van der Waals surface area contributed by atoms with Gasteiger partial charge in [0.2, 0.25) is 6.41 Å². The zero-order valence-corrected chi connectivity index (χ0v) is 8.63. The SMILES string of the molecule is C=Cc1ccnc2cc(O)ccc12.NC=O. The van der Waals surface area contributed by atoms with Crippen molar-refractivity contribution in [3.63, 3.8) is 0 Å². The first-order valence-corrected chi connectivity index (χ1v) is 4.58. The van der Waals surface area contributed by atoms with Crippen LogP contribution in [0.3, 0.4) is 0 Å². The maximum Gasteiger partial charge on any atom is 0.204 e. The number of carbonyl (C=O) groups excluding carboxylic acids is 1. The van der Waals surface area contributed by atoms with E-state index >= 15 is 0 Å². The maximum atomic E-state index is 9.23. The summed E-state index contributed by atoms with van der Waals surface area (Å²) in [5.74, 6) is 0.237. The molecule has 0 fully saturated rings. The molecule has 0 atom stereocenters. The zero-order chi connectivity index (χ0) is 12.0. The lowest BCUT2D eigenvalue weighted by Crippen LogP contribution is -1.82. The number of aromatic nitrogens is 1. The lowest BCUT2D eigenvalue weighted by atomic mass is 10.1. The Labute approximate surface area is 93.0 Å². The first kappa shape index (κ1) is 11.7. The summed E-state index contributed by atoms with van der Waals surface area (Å²) in [6.07, 6.45) is 3.74. The summed E-state index contributed by atoms with van der Waals surface area (Å²) in [4.78, 5) is 12.7. The number of hydrogen-bond donors (Lipinski definition) is 2. The van der Waals surface area contributed by atoms with Crippen LogP contribution in [0, 0.1) is 0 Å². The van der Waals surface area contributed by atoms with Crippen molar-refractivity contribution >= 4 is 23.4 Å². The molecule has 0 unspecified atom stereocenters. The van der Waals surface area contributed by atoms with Gasteiger partial charge in [-0.3, -0.25) is 9.78 Å². The van der Waals surface area contributed by atoms with Crippen molar-refractivity contribution in [2.75, 3.05) is 0 Å². The van der Waals surface area contributed by atoms with Gasteiger partial charge in [0.1, 0.15) is 5.75 Å². The molecule has 0 aliphatic carbocycles. The van der Waals surface area contributed by atoms with E-state index in [0.717, 1.165) is 16.5 Å². The molecule has 0 saturated carbocycles. The van der Waals surface area contributed by atoms with Crippen molar-refractivity contribution in [1.29, 1.82) is 0 Å². The number of amides is 1. The smallest absolute Gasteiger partial charge is 0.204 e. The van der Waals surface area contributed by atoms with E-state index in [9.17, 15) is 5.11 Å². The predicted octanol–water partition coefficient (Wildman–Crippen LogP) is 1.68. The third kappa shape index (κ3) is 2.57. The number of nitrogens with zero attached hydrogens (tertiary/aromatic N) is 1. The van der Waals surface area contributed by atoms with Crippen LogP contribution in [0.15, 0.2) is 37.0 Å². The number of benzene rings is 1. The summed E-state index contributed by atoms with van der Waals surface area (Å²) in [6.45, 7) is 3.71. The molecule has 1 aromatic carbocycles. The van der Waals surface area contributed by atoms with Crippen molar-refractivity contribution in [2.45, 2.75) is 0 Å². The lowest BCUT2D eigenvalue weighted by molar-refractivity contribution is -0.106. The van der Waals surface area contributed by atoms with E-state index in [0.29, 0.717) is 0 Å². The molecule has 4 heteroatoms. The van der Waals surface area contributed by atoms with E-state index in [1.807, 2.05) is 12.1 Å². The van der Waals surface area contributed by atoms with Crippen molar-refractivity contribution in [2.24, 2.45) is 5.73 Å². The standard InChI is InChI=1S/C11H9NO.CH3NO/c1-2-8-5-6-12-11-7-9(13)3-4-10(8)11;2-1-3/h2-7,13H,1H2;1H,(H2,2,3). The number of phenols is 1. The highest BCUT2D eigenvalue weighted by atomic mass is 16.3. The molecule has 0 radical (unpaired) electrons. The number of primary amides is 1.